The molecule has 0 radical (unpaired) electrons. The molecule has 4 aromatic rings. The first-order chi connectivity index (χ1) is 14.6. The summed E-state index contributed by atoms with van der Waals surface area (Å²) >= 11 is 3.70. The van der Waals surface area contributed by atoms with E-state index in [1.807, 2.05) is 18.2 Å². The van der Waals surface area contributed by atoms with E-state index >= 15 is 0 Å². The predicted octanol–water partition coefficient (Wildman–Crippen LogP) is 7.11. The van der Waals surface area contributed by atoms with Gasteiger partial charge in [0.2, 0.25) is 0 Å². The SMILES string of the molecule is COc1cc(CNc2cccc3ccccc23)c(Br)cc1OCc1cccc(C)c1. The van der Waals surface area contributed by atoms with Gasteiger partial charge in [-0.05, 0) is 41.6 Å². The van der Waals surface area contributed by atoms with Crippen molar-refractivity contribution in [3.05, 3.63) is 100 Å². The zero-order valence-corrected chi connectivity index (χ0v) is 18.7. The first-order valence-electron chi connectivity index (χ1n) is 9.90. The predicted molar refractivity (Wildman–Crippen MR) is 127 cm³/mol. The van der Waals surface area contributed by atoms with Gasteiger partial charge in [-0.15, -0.1) is 0 Å². The Morgan fingerprint density at radius 2 is 1.67 bits per heavy atom. The zero-order valence-electron chi connectivity index (χ0n) is 17.1. The van der Waals surface area contributed by atoms with Gasteiger partial charge in [0.1, 0.15) is 6.61 Å². The Balaban J connectivity index is 1.51. The molecule has 0 aromatic heterocycles. The fraction of sp³-hybridized carbons (Fsp3) is 0.154. The molecule has 0 saturated carbocycles. The Kier molecular flexibility index (Phi) is 6.24. The quantitative estimate of drug-likeness (QED) is 0.318. The minimum absolute atomic E-state index is 0.498. The zero-order chi connectivity index (χ0) is 20.9. The van der Waals surface area contributed by atoms with Crippen LogP contribution in [0, 0.1) is 6.92 Å². The molecular formula is C26H24BrNO2. The van der Waals surface area contributed by atoms with E-state index in [1.54, 1.807) is 7.11 Å². The lowest BCUT2D eigenvalue weighted by Gasteiger charge is -2.16. The fourth-order valence-corrected chi connectivity index (χ4v) is 3.98. The van der Waals surface area contributed by atoms with E-state index in [0.717, 1.165) is 32.8 Å². The van der Waals surface area contributed by atoms with Gasteiger partial charge in [0.15, 0.2) is 11.5 Å². The second-order valence-corrected chi connectivity index (χ2v) is 8.11. The number of aryl methyl sites for hydroxylation is 1. The van der Waals surface area contributed by atoms with Crippen molar-refractivity contribution in [2.24, 2.45) is 0 Å². The summed E-state index contributed by atoms with van der Waals surface area (Å²) in [6.07, 6.45) is 0. The molecule has 0 aliphatic rings. The molecular weight excluding hydrogens is 438 g/mol. The van der Waals surface area contributed by atoms with Crippen LogP contribution in [0.1, 0.15) is 16.7 Å². The number of rotatable bonds is 7. The highest BCUT2D eigenvalue weighted by Gasteiger charge is 2.11. The van der Waals surface area contributed by atoms with E-state index in [2.05, 4.69) is 88.8 Å². The topological polar surface area (TPSA) is 30.5 Å². The molecule has 4 aromatic carbocycles. The molecule has 0 aliphatic heterocycles. The van der Waals surface area contributed by atoms with Gasteiger partial charge in [-0.25, -0.2) is 0 Å². The van der Waals surface area contributed by atoms with E-state index in [0.29, 0.717) is 13.2 Å². The molecule has 0 aliphatic carbocycles. The molecule has 0 bridgehead atoms. The van der Waals surface area contributed by atoms with E-state index in [-0.39, 0.29) is 0 Å². The molecule has 0 heterocycles. The van der Waals surface area contributed by atoms with Crippen LogP contribution in [0.4, 0.5) is 5.69 Å². The van der Waals surface area contributed by atoms with Gasteiger partial charge in [-0.1, -0.05) is 82.2 Å². The summed E-state index contributed by atoms with van der Waals surface area (Å²) < 4.78 is 12.6. The van der Waals surface area contributed by atoms with E-state index < -0.39 is 0 Å². The summed E-state index contributed by atoms with van der Waals surface area (Å²) in [4.78, 5) is 0. The van der Waals surface area contributed by atoms with Crippen LogP contribution in [0.3, 0.4) is 0 Å². The molecule has 152 valence electrons. The van der Waals surface area contributed by atoms with Crippen LogP contribution < -0.4 is 14.8 Å². The molecule has 0 saturated heterocycles. The number of fused-ring (bicyclic) bond motifs is 1. The van der Waals surface area contributed by atoms with Gasteiger partial charge < -0.3 is 14.8 Å². The Hall–Kier alpha value is -2.98. The molecule has 0 spiro atoms. The smallest absolute Gasteiger partial charge is 0.162 e. The number of benzene rings is 4. The van der Waals surface area contributed by atoms with Crippen molar-refractivity contribution in [2.75, 3.05) is 12.4 Å². The number of hydrogen-bond donors (Lipinski definition) is 1. The normalized spacial score (nSPS) is 10.8. The van der Waals surface area contributed by atoms with E-state index in [4.69, 9.17) is 9.47 Å². The highest BCUT2D eigenvalue weighted by Crippen LogP contribution is 2.35. The van der Waals surface area contributed by atoms with Crippen molar-refractivity contribution >= 4 is 32.4 Å². The number of hydrogen-bond acceptors (Lipinski definition) is 3. The lowest BCUT2D eigenvalue weighted by Crippen LogP contribution is -2.03. The summed E-state index contributed by atoms with van der Waals surface area (Å²) in [5.41, 5.74) is 4.57. The molecule has 3 nitrogen and oxygen atoms in total. The highest BCUT2D eigenvalue weighted by atomic mass is 79.9. The second kappa shape index (κ2) is 9.23. The van der Waals surface area contributed by atoms with Gasteiger partial charge in [-0.2, -0.15) is 0 Å². The van der Waals surface area contributed by atoms with Crippen molar-refractivity contribution in [1.29, 1.82) is 0 Å². The summed E-state index contributed by atoms with van der Waals surface area (Å²) in [5.74, 6) is 1.44. The summed E-state index contributed by atoms with van der Waals surface area (Å²) in [6.45, 7) is 3.25. The molecule has 4 rings (SSSR count). The van der Waals surface area contributed by atoms with Crippen molar-refractivity contribution in [3.8, 4) is 11.5 Å². The lowest BCUT2D eigenvalue weighted by atomic mass is 10.1. The Morgan fingerprint density at radius 3 is 2.50 bits per heavy atom. The van der Waals surface area contributed by atoms with E-state index in [9.17, 15) is 0 Å². The van der Waals surface area contributed by atoms with Gasteiger partial charge in [0, 0.05) is 22.1 Å². The molecule has 0 atom stereocenters. The molecule has 0 amide bonds. The third-order valence-electron chi connectivity index (χ3n) is 5.07. The monoisotopic (exact) mass is 461 g/mol. The van der Waals surface area contributed by atoms with Crippen LogP contribution >= 0.6 is 15.9 Å². The van der Waals surface area contributed by atoms with Crippen LogP contribution in [-0.2, 0) is 13.2 Å². The van der Waals surface area contributed by atoms with Crippen molar-refractivity contribution in [1.82, 2.24) is 0 Å². The number of halogens is 1. The second-order valence-electron chi connectivity index (χ2n) is 7.25. The van der Waals surface area contributed by atoms with Crippen LogP contribution in [0.5, 0.6) is 11.5 Å². The summed E-state index contributed by atoms with van der Waals surface area (Å²) in [7, 11) is 1.67. The number of anilines is 1. The number of methoxy groups -OCH3 is 1. The summed E-state index contributed by atoms with van der Waals surface area (Å²) in [6, 6.07) is 27.0. The Morgan fingerprint density at radius 1 is 0.867 bits per heavy atom. The highest BCUT2D eigenvalue weighted by molar-refractivity contribution is 9.10. The average Bonchev–Trinajstić information content (AvgIpc) is 2.77. The first-order valence-corrected chi connectivity index (χ1v) is 10.7. The molecule has 30 heavy (non-hydrogen) atoms. The third kappa shape index (κ3) is 4.60. The molecule has 0 fully saturated rings. The number of ether oxygens (including phenoxy) is 2. The largest absolute Gasteiger partial charge is 0.493 e. The number of nitrogens with one attached hydrogen (secondary N) is 1. The van der Waals surface area contributed by atoms with Crippen molar-refractivity contribution in [3.63, 3.8) is 0 Å². The van der Waals surface area contributed by atoms with Crippen LogP contribution in [-0.4, -0.2) is 7.11 Å². The van der Waals surface area contributed by atoms with Gasteiger partial charge >= 0.3 is 0 Å². The minimum atomic E-state index is 0.498. The van der Waals surface area contributed by atoms with Crippen molar-refractivity contribution in [2.45, 2.75) is 20.1 Å². The Labute approximate surface area is 185 Å². The van der Waals surface area contributed by atoms with Crippen LogP contribution in [0.25, 0.3) is 10.8 Å². The fourth-order valence-electron chi connectivity index (χ4n) is 3.52. The minimum Gasteiger partial charge on any atom is -0.493 e. The first kappa shape index (κ1) is 20.3. The molecule has 0 unspecified atom stereocenters. The maximum atomic E-state index is 6.05. The van der Waals surface area contributed by atoms with Crippen molar-refractivity contribution < 1.29 is 9.47 Å². The maximum absolute atomic E-state index is 6.05. The summed E-state index contributed by atoms with van der Waals surface area (Å²) in [5, 5.41) is 5.98. The standard InChI is InChI=1S/C26H24BrNO2/c1-18-7-5-8-19(13-18)17-30-26-15-23(27)21(14-25(26)29-2)16-28-24-12-6-10-20-9-3-4-11-22(20)24/h3-15,28H,16-17H2,1-2H3. The lowest BCUT2D eigenvalue weighted by molar-refractivity contribution is 0.284. The Bertz CT molecular complexity index is 1170. The molecule has 4 heteroatoms. The average molecular weight is 462 g/mol. The van der Waals surface area contributed by atoms with Gasteiger partial charge in [0.25, 0.3) is 0 Å². The van der Waals surface area contributed by atoms with E-state index in [1.165, 1.54) is 16.3 Å². The maximum Gasteiger partial charge on any atom is 0.162 e. The van der Waals surface area contributed by atoms with Crippen LogP contribution in [0.15, 0.2) is 83.3 Å². The van der Waals surface area contributed by atoms with Gasteiger partial charge in [0.05, 0.1) is 7.11 Å². The van der Waals surface area contributed by atoms with Crippen LogP contribution in [0.2, 0.25) is 0 Å². The van der Waals surface area contributed by atoms with Gasteiger partial charge in [-0.3, -0.25) is 0 Å². The third-order valence-corrected chi connectivity index (χ3v) is 5.81. The molecule has 1 N–H and O–H groups in total.